The number of likely N-dealkylation sites (N-methyl/N-ethyl adjacent to an activating group) is 1. The van der Waals surface area contributed by atoms with Crippen LogP contribution in [0.4, 0.5) is 9.59 Å². The zero-order valence-electron chi connectivity index (χ0n) is 20.2. The molecular weight excluding hydrogens is 422 g/mol. The molecule has 2 aliphatic heterocycles. The van der Waals surface area contributed by atoms with E-state index in [2.05, 4.69) is 15.5 Å². The molecule has 9 nitrogen and oxygen atoms in total. The van der Waals surface area contributed by atoms with Crippen LogP contribution in [-0.4, -0.2) is 85.7 Å². The Bertz CT molecular complexity index is 937. The van der Waals surface area contributed by atoms with Crippen molar-refractivity contribution in [3.8, 4) is 0 Å². The van der Waals surface area contributed by atoms with E-state index in [9.17, 15) is 14.4 Å². The molecular formula is C24H35N5O4. The Morgan fingerprint density at radius 2 is 1.85 bits per heavy atom. The Morgan fingerprint density at radius 3 is 2.48 bits per heavy atom. The van der Waals surface area contributed by atoms with Crippen LogP contribution in [0.15, 0.2) is 29.5 Å². The topological polar surface area (TPSA) is 94.2 Å². The summed E-state index contributed by atoms with van der Waals surface area (Å²) in [4.78, 5) is 43.7. The molecule has 2 N–H and O–H groups in total. The van der Waals surface area contributed by atoms with Crippen LogP contribution in [0.25, 0.3) is 0 Å². The number of carbonyl (C=O) groups is 3. The summed E-state index contributed by atoms with van der Waals surface area (Å²) in [5.41, 5.74) is 4.02. The summed E-state index contributed by atoms with van der Waals surface area (Å²) in [5, 5.41) is 5.82. The minimum atomic E-state index is -0.584. The maximum atomic E-state index is 13.2. The summed E-state index contributed by atoms with van der Waals surface area (Å²) in [5.74, 6) is -0.425. The van der Waals surface area contributed by atoms with E-state index >= 15 is 0 Å². The molecule has 0 radical (unpaired) electrons. The fourth-order valence-corrected chi connectivity index (χ4v) is 4.29. The Morgan fingerprint density at radius 1 is 1.15 bits per heavy atom. The van der Waals surface area contributed by atoms with Gasteiger partial charge in [-0.15, -0.1) is 0 Å². The molecule has 33 heavy (non-hydrogen) atoms. The van der Waals surface area contributed by atoms with Crippen LogP contribution in [0.3, 0.4) is 0 Å². The summed E-state index contributed by atoms with van der Waals surface area (Å²) in [6, 6.07) is 5.11. The average Bonchev–Trinajstić information content (AvgIpc) is 2.79. The molecule has 3 rings (SSSR count). The van der Waals surface area contributed by atoms with Gasteiger partial charge in [0.15, 0.2) is 0 Å². The fraction of sp³-hybridized carbons (Fsp3) is 0.542. The molecule has 2 aliphatic rings. The molecule has 1 atom stereocenters. The SMILES string of the molecule is CCNC(=O)N1CCN(CC2=C(C(=O)OCC)[C@@H](c3cc(C)ccc3C)NC(=O)N2C)CC1. The van der Waals surface area contributed by atoms with Gasteiger partial charge in [-0.25, -0.2) is 14.4 Å². The van der Waals surface area contributed by atoms with Crippen molar-refractivity contribution in [3.05, 3.63) is 46.2 Å². The predicted molar refractivity (Wildman–Crippen MR) is 126 cm³/mol. The van der Waals surface area contributed by atoms with E-state index in [1.807, 2.05) is 39.0 Å². The van der Waals surface area contributed by atoms with Crippen LogP contribution in [0.1, 0.15) is 36.6 Å². The van der Waals surface area contributed by atoms with Gasteiger partial charge in [0.05, 0.1) is 18.2 Å². The lowest BCUT2D eigenvalue weighted by Gasteiger charge is -2.39. The second-order valence-electron chi connectivity index (χ2n) is 8.48. The van der Waals surface area contributed by atoms with Gasteiger partial charge in [-0.05, 0) is 38.8 Å². The van der Waals surface area contributed by atoms with Gasteiger partial charge in [0.25, 0.3) is 0 Å². The molecule has 0 aliphatic carbocycles. The molecule has 2 heterocycles. The van der Waals surface area contributed by atoms with E-state index in [1.165, 1.54) is 4.90 Å². The molecule has 1 fully saturated rings. The summed E-state index contributed by atoms with van der Waals surface area (Å²) in [7, 11) is 1.67. The maximum Gasteiger partial charge on any atom is 0.338 e. The Kier molecular flexibility index (Phi) is 7.97. The third kappa shape index (κ3) is 5.47. The number of hydrogen-bond acceptors (Lipinski definition) is 5. The second-order valence-corrected chi connectivity index (χ2v) is 8.48. The first-order valence-electron chi connectivity index (χ1n) is 11.5. The first-order chi connectivity index (χ1) is 15.8. The summed E-state index contributed by atoms with van der Waals surface area (Å²) in [6.45, 7) is 11.4. The lowest BCUT2D eigenvalue weighted by Crippen LogP contribution is -2.54. The lowest BCUT2D eigenvalue weighted by atomic mass is 9.90. The summed E-state index contributed by atoms with van der Waals surface area (Å²) >= 11 is 0. The summed E-state index contributed by atoms with van der Waals surface area (Å²) < 4.78 is 5.43. The van der Waals surface area contributed by atoms with Gasteiger partial charge in [0, 0.05) is 52.0 Å². The van der Waals surface area contributed by atoms with E-state index < -0.39 is 12.0 Å². The molecule has 180 valence electrons. The van der Waals surface area contributed by atoms with Gasteiger partial charge in [0.2, 0.25) is 0 Å². The number of nitrogens with one attached hydrogen (secondary N) is 2. The number of piperazine rings is 1. The van der Waals surface area contributed by atoms with Crippen LogP contribution in [0, 0.1) is 13.8 Å². The number of rotatable bonds is 6. The van der Waals surface area contributed by atoms with Gasteiger partial charge in [-0.3, -0.25) is 9.80 Å². The smallest absolute Gasteiger partial charge is 0.338 e. The predicted octanol–water partition coefficient (Wildman–Crippen LogP) is 2.16. The number of nitrogens with zero attached hydrogens (tertiary/aromatic N) is 3. The third-order valence-corrected chi connectivity index (χ3v) is 6.18. The van der Waals surface area contributed by atoms with Gasteiger partial charge < -0.3 is 20.3 Å². The highest BCUT2D eigenvalue weighted by Crippen LogP contribution is 2.33. The maximum absolute atomic E-state index is 13.2. The van der Waals surface area contributed by atoms with Crippen molar-refractivity contribution in [3.63, 3.8) is 0 Å². The Hall–Kier alpha value is -3.07. The molecule has 1 saturated heterocycles. The van der Waals surface area contributed by atoms with E-state index in [4.69, 9.17) is 4.74 Å². The van der Waals surface area contributed by atoms with E-state index in [0.29, 0.717) is 50.5 Å². The van der Waals surface area contributed by atoms with Crippen molar-refractivity contribution in [1.82, 2.24) is 25.3 Å². The molecule has 9 heteroatoms. The monoisotopic (exact) mass is 457 g/mol. The number of hydrogen-bond donors (Lipinski definition) is 2. The van der Waals surface area contributed by atoms with E-state index in [1.54, 1.807) is 18.9 Å². The van der Waals surface area contributed by atoms with Crippen molar-refractivity contribution in [2.45, 2.75) is 33.7 Å². The standard InChI is InChI=1S/C24H35N5O4/c1-6-25-23(31)29-12-10-28(11-13-29)15-19-20(22(30)33-7-2)21(26-24(32)27(19)5)18-14-16(3)8-9-17(18)4/h8-9,14,21H,6-7,10-13,15H2,1-5H3,(H,25,31)(H,26,32)/t21-/m1/s1. The molecule has 1 aromatic carbocycles. The molecule has 0 bridgehead atoms. The number of aryl methyl sites for hydroxylation is 2. The van der Waals surface area contributed by atoms with Gasteiger partial charge in [-0.1, -0.05) is 23.8 Å². The lowest BCUT2D eigenvalue weighted by molar-refractivity contribution is -0.139. The zero-order chi connectivity index (χ0) is 24.1. The van der Waals surface area contributed by atoms with Crippen molar-refractivity contribution < 1.29 is 19.1 Å². The van der Waals surface area contributed by atoms with Crippen LogP contribution in [0.5, 0.6) is 0 Å². The fourth-order valence-electron chi connectivity index (χ4n) is 4.29. The third-order valence-electron chi connectivity index (χ3n) is 6.18. The van der Waals surface area contributed by atoms with Crippen LogP contribution < -0.4 is 10.6 Å². The van der Waals surface area contributed by atoms with Crippen molar-refractivity contribution >= 4 is 18.0 Å². The molecule has 0 spiro atoms. The first-order valence-corrected chi connectivity index (χ1v) is 11.5. The second kappa shape index (κ2) is 10.7. The normalized spacial score (nSPS) is 19.4. The first kappa shape index (κ1) is 24.6. The highest BCUT2D eigenvalue weighted by Gasteiger charge is 2.38. The van der Waals surface area contributed by atoms with Crippen LogP contribution in [0.2, 0.25) is 0 Å². The van der Waals surface area contributed by atoms with E-state index in [-0.39, 0.29) is 18.7 Å². The highest BCUT2D eigenvalue weighted by atomic mass is 16.5. The van der Waals surface area contributed by atoms with Crippen molar-refractivity contribution in [2.75, 3.05) is 52.9 Å². The van der Waals surface area contributed by atoms with Crippen LogP contribution in [-0.2, 0) is 9.53 Å². The molecule has 0 unspecified atom stereocenters. The Labute approximate surface area is 195 Å². The molecule has 4 amide bonds. The number of amides is 4. The molecule has 0 saturated carbocycles. The minimum absolute atomic E-state index is 0.0623. The number of benzene rings is 1. The molecule has 1 aromatic rings. The summed E-state index contributed by atoms with van der Waals surface area (Å²) in [6.07, 6.45) is 0. The van der Waals surface area contributed by atoms with E-state index in [0.717, 1.165) is 16.7 Å². The molecule has 0 aromatic heterocycles. The minimum Gasteiger partial charge on any atom is -0.463 e. The average molecular weight is 458 g/mol. The van der Waals surface area contributed by atoms with Gasteiger partial charge in [-0.2, -0.15) is 0 Å². The quantitative estimate of drug-likeness (QED) is 0.639. The largest absolute Gasteiger partial charge is 0.463 e. The number of urea groups is 2. The van der Waals surface area contributed by atoms with Gasteiger partial charge in [0.1, 0.15) is 0 Å². The van der Waals surface area contributed by atoms with Crippen molar-refractivity contribution in [2.24, 2.45) is 0 Å². The Balaban J connectivity index is 1.93. The van der Waals surface area contributed by atoms with Crippen molar-refractivity contribution in [1.29, 1.82) is 0 Å². The number of ether oxygens (including phenoxy) is 1. The van der Waals surface area contributed by atoms with Gasteiger partial charge >= 0.3 is 18.0 Å². The number of carbonyl (C=O) groups excluding carboxylic acids is 3. The van der Waals surface area contributed by atoms with Crippen LogP contribution >= 0.6 is 0 Å². The zero-order valence-corrected chi connectivity index (χ0v) is 20.2. The number of esters is 1. The highest BCUT2D eigenvalue weighted by molar-refractivity contribution is 5.95.